The van der Waals surface area contributed by atoms with Crippen LogP contribution in [0.5, 0.6) is 0 Å². The van der Waals surface area contributed by atoms with Crippen LogP contribution in [0.25, 0.3) is 0 Å². The number of aliphatic carboxylic acids is 3. The third-order valence-corrected chi connectivity index (χ3v) is 6.83. The molecule has 0 aliphatic rings. The van der Waals surface area contributed by atoms with Crippen molar-refractivity contribution in [2.45, 2.75) is 129 Å². The number of quaternary nitrogens is 1. The SMILES string of the molecule is CCCCCCCCCC/C=C/CC[N+](C(CC)C(=O)O)(C(CC)C(=O)O)C(CC)C(=O)O. The van der Waals surface area contributed by atoms with Gasteiger partial charge in [0.15, 0.2) is 18.1 Å². The van der Waals surface area contributed by atoms with E-state index in [1.54, 1.807) is 20.8 Å². The molecule has 0 aromatic carbocycles. The average molecular weight is 471 g/mol. The summed E-state index contributed by atoms with van der Waals surface area (Å²) in [6.45, 7) is 7.45. The normalized spacial score (nSPS) is 16.2. The van der Waals surface area contributed by atoms with Gasteiger partial charge in [-0.05, 0) is 12.8 Å². The van der Waals surface area contributed by atoms with E-state index in [4.69, 9.17) is 0 Å². The fourth-order valence-electron chi connectivity index (χ4n) is 5.21. The van der Waals surface area contributed by atoms with E-state index in [1.807, 2.05) is 6.08 Å². The molecule has 3 N–H and O–H groups in total. The summed E-state index contributed by atoms with van der Waals surface area (Å²) in [6, 6.07) is -3.27. The molecule has 0 aliphatic heterocycles. The Balaban J connectivity index is 5.32. The summed E-state index contributed by atoms with van der Waals surface area (Å²) in [7, 11) is 0. The second-order valence-corrected chi connectivity index (χ2v) is 9.03. The summed E-state index contributed by atoms with van der Waals surface area (Å²) in [5.74, 6) is -3.42. The van der Waals surface area contributed by atoms with Crippen molar-refractivity contribution < 1.29 is 34.2 Å². The Morgan fingerprint density at radius 1 is 0.606 bits per heavy atom. The fraction of sp³-hybridized carbons (Fsp3) is 0.808. The molecule has 0 heterocycles. The molecule has 0 saturated heterocycles. The lowest BCUT2D eigenvalue weighted by atomic mass is 9.94. The van der Waals surface area contributed by atoms with Crippen LogP contribution in [0, 0.1) is 0 Å². The molecule has 0 bridgehead atoms. The van der Waals surface area contributed by atoms with Crippen molar-refractivity contribution in [1.82, 2.24) is 0 Å². The largest absolute Gasteiger partial charge is 0.477 e. The molecule has 7 heteroatoms. The van der Waals surface area contributed by atoms with Crippen LogP contribution in [-0.4, -0.2) is 62.4 Å². The van der Waals surface area contributed by atoms with E-state index in [2.05, 4.69) is 13.0 Å². The summed E-state index contributed by atoms with van der Waals surface area (Å²) >= 11 is 0. The predicted octanol–water partition coefficient (Wildman–Crippen LogP) is 5.87. The first-order valence-electron chi connectivity index (χ1n) is 12.9. The van der Waals surface area contributed by atoms with E-state index in [0.29, 0.717) is 6.42 Å². The van der Waals surface area contributed by atoms with Crippen molar-refractivity contribution in [3.05, 3.63) is 12.2 Å². The van der Waals surface area contributed by atoms with Gasteiger partial charge in [0.2, 0.25) is 0 Å². The maximum absolute atomic E-state index is 12.2. The van der Waals surface area contributed by atoms with E-state index >= 15 is 0 Å². The highest BCUT2D eigenvalue weighted by Gasteiger charge is 2.55. The third kappa shape index (κ3) is 9.86. The summed E-state index contributed by atoms with van der Waals surface area (Å²) in [5.41, 5.74) is 0. The monoisotopic (exact) mass is 470 g/mol. The number of carbonyl (C=O) groups is 3. The molecule has 0 amide bonds. The van der Waals surface area contributed by atoms with Crippen LogP contribution in [0.3, 0.4) is 0 Å². The zero-order valence-corrected chi connectivity index (χ0v) is 21.3. The lowest BCUT2D eigenvalue weighted by Crippen LogP contribution is -2.72. The highest BCUT2D eigenvalue weighted by molar-refractivity contribution is 5.78. The Morgan fingerprint density at radius 3 is 1.33 bits per heavy atom. The molecule has 33 heavy (non-hydrogen) atoms. The van der Waals surface area contributed by atoms with Crippen molar-refractivity contribution in [2.75, 3.05) is 6.54 Å². The second-order valence-electron chi connectivity index (χ2n) is 9.03. The summed E-state index contributed by atoms with van der Waals surface area (Å²) in [4.78, 5) is 36.5. The van der Waals surface area contributed by atoms with Crippen molar-refractivity contribution in [3.63, 3.8) is 0 Å². The van der Waals surface area contributed by atoms with Gasteiger partial charge in [-0.2, -0.15) is 0 Å². The van der Waals surface area contributed by atoms with Gasteiger partial charge in [-0.25, -0.2) is 14.4 Å². The van der Waals surface area contributed by atoms with Gasteiger partial charge in [0.1, 0.15) is 0 Å². The van der Waals surface area contributed by atoms with Gasteiger partial charge >= 0.3 is 17.9 Å². The first kappa shape index (κ1) is 31.1. The minimum absolute atomic E-state index is 0.171. The zero-order valence-electron chi connectivity index (χ0n) is 21.3. The maximum atomic E-state index is 12.2. The lowest BCUT2D eigenvalue weighted by molar-refractivity contribution is -0.972. The topological polar surface area (TPSA) is 112 Å². The molecule has 0 aromatic rings. The quantitative estimate of drug-likeness (QED) is 0.110. The number of allylic oxidation sites excluding steroid dienone is 1. The Hall–Kier alpha value is -1.89. The highest BCUT2D eigenvalue weighted by Crippen LogP contribution is 2.32. The third-order valence-electron chi connectivity index (χ3n) is 6.83. The zero-order chi connectivity index (χ0) is 25.3. The molecule has 3 unspecified atom stereocenters. The van der Waals surface area contributed by atoms with Gasteiger partial charge in [0.25, 0.3) is 0 Å². The molecule has 0 aliphatic carbocycles. The van der Waals surface area contributed by atoms with Crippen LogP contribution in [0.2, 0.25) is 0 Å². The number of hydrogen-bond acceptors (Lipinski definition) is 3. The number of rotatable bonds is 21. The van der Waals surface area contributed by atoms with E-state index in [-0.39, 0.29) is 25.8 Å². The first-order valence-corrected chi connectivity index (χ1v) is 12.9. The van der Waals surface area contributed by atoms with Gasteiger partial charge in [-0.15, -0.1) is 0 Å². The average Bonchev–Trinajstić information content (AvgIpc) is 2.75. The number of unbranched alkanes of at least 4 members (excludes halogenated alkanes) is 8. The molecule has 0 spiro atoms. The molecule has 192 valence electrons. The summed E-state index contributed by atoms with van der Waals surface area (Å²) in [6.07, 6.45) is 15.9. The molecular weight excluding hydrogens is 422 g/mol. The van der Waals surface area contributed by atoms with E-state index < -0.39 is 40.5 Å². The minimum atomic E-state index is -1.14. The van der Waals surface area contributed by atoms with E-state index in [1.165, 1.54) is 44.9 Å². The highest BCUT2D eigenvalue weighted by atomic mass is 16.4. The Morgan fingerprint density at radius 2 is 0.970 bits per heavy atom. The van der Waals surface area contributed by atoms with Crippen LogP contribution in [0.4, 0.5) is 0 Å². The molecule has 0 aromatic heterocycles. The van der Waals surface area contributed by atoms with Gasteiger partial charge in [-0.1, -0.05) is 84.8 Å². The Bertz CT molecular complexity index is 549. The predicted molar refractivity (Wildman–Crippen MR) is 131 cm³/mol. The van der Waals surface area contributed by atoms with Crippen molar-refractivity contribution in [3.8, 4) is 0 Å². The molecule has 0 saturated carbocycles. The lowest BCUT2D eigenvalue weighted by Gasteiger charge is -2.49. The van der Waals surface area contributed by atoms with E-state index in [9.17, 15) is 29.7 Å². The van der Waals surface area contributed by atoms with Gasteiger partial charge in [-0.3, -0.25) is 4.48 Å². The minimum Gasteiger partial charge on any atom is -0.477 e. The summed E-state index contributed by atoms with van der Waals surface area (Å²) < 4.78 is -0.453. The van der Waals surface area contributed by atoms with Gasteiger partial charge < -0.3 is 15.3 Å². The Kier molecular flexibility index (Phi) is 16.6. The van der Waals surface area contributed by atoms with Crippen LogP contribution in [0.1, 0.15) is 111 Å². The number of nitrogens with zero attached hydrogens (tertiary/aromatic N) is 1. The smallest absolute Gasteiger partial charge is 0.362 e. The van der Waals surface area contributed by atoms with Crippen molar-refractivity contribution >= 4 is 17.9 Å². The number of carboxylic acid groups (broad SMARTS) is 3. The van der Waals surface area contributed by atoms with Crippen molar-refractivity contribution in [1.29, 1.82) is 0 Å². The molecular formula is C26H48NO6+. The number of hydrogen-bond donors (Lipinski definition) is 3. The van der Waals surface area contributed by atoms with Crippen molar-refractivity contribution in [2.24, 2.45) is 0 Å². The first-order chi connectivity index (χ1) is 15.7. The fourth-order valence-corrected chi connectivity index (χ4v) is 5.21. The van der Waals surface area contributed by atoms with Crippen LogP contribution >= 0.6 is 0 Å². The second kappa shape index (κ2) is 17.6. The summed E-state index contributed by atoms with van der Waals surface area (Å²) in [5, 5.41) is 29.8. The van der Waals surface area contributed by atoms with Gasteiger partial charge in [0, 0.05) is 25.7 Å². The van der Waals surface area contributed by atoms with Crippen LogP contribution in [0.15, 0.2) is 12.2 Å². The molecule has 7 nitrogen and oxygen atoms in total. The molecule has 0 radical (unpaired) electrons. The maximum Gasteiger partial charge on any atom is 0.362 e. The molecule has 0 rings (SSSR count). The standard InChI is InChI=1S/C26H47NO6/c1-5-9-10-11-12-13-14-15-16-17-18-19-20-27(21(6-2)24(28)29,22(7-3)25(30)31)23(8-4)26(32)33/h17-18,21-23H,5-16,19-20H2,1-4H3,(H2-,28,29,30,31,32,33)/p+1/b18-17+. The molecule has 0 fully saturated rings. The Labute approximate surface area is 200 Å². The van der Waals surface area contributed by atoms with Crippen LogP contribution < -0.4 is 0 Å². The van der Waals surface area contributed by atoms with E-state index in [0.717, 1.165) is 12.8 Å². The van der Waals surface area contributed by atoms with Crippen LogP contribution in [-0.2, 0) is 14.4 Å². The van der Waals surface area contributed by atoms with Gasteiger partial charge in [0.05, 0.1) is 6.54 Å². The molecule has 3 atom stereocenters. The number of carboxylic acids is 3.